The highest BCUT2D eigenvalue weighted by Crippen LogP contribution is 2.29. The van der Waals surface area contributed by atoms with Gasteiger partial charge in [0, 0.05) is 30.6 Å². The molecule has 0 spiro atoms. The van der Waals surface area contributed by atoms with Gasteiger partial charge in [-0.2, -0.15) is 0 Å². The van der Waals surface area contributed by atoms with Gasteiger partial charge in [0.2, 0.25) is 0 Å². The van der Waals surface area contributed by atoms with E-state index < -0.39 is 0 Å². The average Bonchev–Trinajstić information content (AvgIpc) is 2.79. The fraction of sp³-hybridized carbons (Fsp3) is 0.471. The Morgan fingerprint density at radius 2 is 2.05 bits per heavy atom. The van der Waals surface area contributed by atoms with E-state index in [0.717, 1.165) is 30.6 Å². The van der Waals surface area contributed by atoms with Crippen LogP contribution in [-0.2, 0) is 0 Å². The SMILES string of the molecule is CC1(C)CCN(C(=O)c2ccc(C#CCCO)cc2)C1. The second kappa shape index (κ2) is 6.11. The fourth-order valence-corrected chi connectivity index (χ4v) is 2.38. The van der Waals surface area contributed by atoms with Crippen molar-refractivity contribution in [3.63, 3.8) is 0 Å². The van der Waals surface area contributed by atoms with E-state index in [1.807, 2.05) is 29.2 Å². The van der Waals surface area contributed by atoms with E-state index in [9.17, 15) is 4.79 Å². The lowest BCUT2D eigenvalue weighted by molar-refractivity contribution is 0.0778. The van der Waals surface area contributed by atoms with E-state index in [1.165, 1.54) is 0 Å². The van der Waals surface area contributed by atoms with E-state index in [1.54, 1.807) is 0 Å². The minimum atomic E-state index is 0.0777. The third-order valence-corrected chi connectivity index (χ3v) is 3.57. The summed E-state index contributed by atoms with van der Waals surface area (Å²) in [4.78, 5) is 14.3. The fourth-order valence-electron chi connectivity index (χ4n) is 2.38. The van der Waals surface area contributed by atoms with Crippen molar-refractivity contribution < 1.29 is 9.90 Å². The second-order valence-electron chi connectivity index (χ2n) is 5.99. The first-order chi connectivity index (χ1) is 9.52. The van der Waals surface area contributed by atoms with Crippen molar-refractivity contribution in [1.29, 1.82) is 0 Å². The Hall–Kier alpha value is -1.79. The maximum atomic E-state index is 12.4. The lowest BCUT2D eigenvalue weighted by Crippen LogP contribution is -2.30. The molecule has 1 aromatic rings. The van der Waals surface area contributed by atoms with Gasteiger partial charge in [-0.1, -0.05) is 25.7 Å². The van der Waals surface area contributed by atoms with E-state index in [4.69, 9.17) is 5.11 Å². The molecule has 1 N–H and O–H groups in total. The Kier molecular flexibility index (Phi) is 4.46. The number of nitrogens with zero attached hydrogens (tertiary/aromatic N) is 1. The lowest BCUT2D eigenvalue weighted by Gasteiger charge is -2.19. The summed E-state index contributed by atoms with van der Waals surface area (Å²) >= 11 is 0. The minimum absolute atomic E-state index is 0.0777. The van der Waals surface area contributed by atoms with Crippen molar-refractivity contribution in [1.82, 2.24) is 4.90 Å². The predicted octanol–water partition coefficient (Wildman–Crippen LogP) is 2.29. The molecule has 3 heteroatoms. The summed E-state index contributed by atoms with van der Waals surface area (Å²) in [5, 5.41) is 8.67. The zero-order chi connectivity index (χ0) is 14.6. The molecule has 0 bridgehead atoms. The van der Waals surface area contributed by atoms with Crippen molar-refractivity contribution in [3.05, 3.63) is 35.4 Å². The zero-order valence-electron chi connectivity index (χ0n) is 12.1. The number of carbonyl (C=O) groups is 1. The van der Waals surface area contributed by atoms with Crippen molar-refractivity contribution in [2.45, 2.75) is 26.7 Å². The van der Waals surface area contributed by atoms with Gasteiger partial charge in [-0.05, 0) is 36.1 Å². The number of amides is 1. The largest absolute Gasteiger partial charge is 0.395 e. The van der Waals surface area contributed by atoms with Gasteiger partial charge in [0.05, 0.1) is 6.61 Å². The molecule has 1 amide bonds. The molecule has 0 aromatic heterocycles. The zero-order valence-corrected chi connectivity index (χ0v) is 12.1. The van der Waals surface area contributed by atoms with E-state index in [2.05, 4.69) is 25.7 Å². The topological polar surface area (TPSA) is 40.5 Å². The van der Waals surface area contributed by atoms with Gasteiger partial charge >= 0.3 is 0 Å². The van der Waals surface area contributed by atoms with E-state index in [-0.39, 0.29) is 17.9 Å². The van der Waals surface area contributed by atoms with Gasteiger partial charge in [0.1, 0.15) is 0 Å². The van der Waals surface area contributed by atoms with E-state index in [0.29, 0.717) is 6.42 Å². The first-order valence-corrected chi connectivity index (χ1v) is 7.01. The monoisotopic (exact) mass is 271 g/mol. The molecule has 1 fully saturated rings. The van der Waals surface area contributed by atoms with Crippen LogP contribution in [0.15, 0.2) is 24.3 Å². The molecule has 2 rings (SSSR count). The van der Waals surface area contributed by atoms with Crippen LogP contribution >= 0.6 is 0 Å². The van der Waals surface area contributed by atoms with Gasteiger partial charge in [-0.3, -0.25) is 4.79 Å². The Morgan fingerprint density at radius 3 is 2.60 bits per heavy atom. The summed E-state index contributed by atoms with van der Waals surface area (Å²) in [5.41, 5.74) is 1.82. The molecule has 1 aromatic carbocycles. The summed E-state index contributed by atoms with van der Waals surface area (Å²) in [6.45, 7) is 6.13. The molecule has 106 valence electrons. The summed E-state index contributed by atoms with van der Waals surface area (Å²) in [7, 11) is 0. The standard InChI is InChI=1S/C17H21NO2/c1-17(2)10-11-18(13-17)16(20)15-8-6-14(7-9-15)5-3-4-12-19/h6-9,19H,4,10-13H2,1-2H3. The lowest BCUT2D eigenvalue weighted by atomic mass is 9.93. The molecule has 0 aliphatic carbocycles. The Labute approximate surface area is 120 Å². The predicted molar refractivity (Wildman–Crippen MR) is 79.3 cm³/mol. The first-order valence-electron chi connectivity index (χ1n) is 7.01. The number of benzene rings is 1. The van der Waals surface area contributed by atoms with Crippen LogP contribution in [0.5, 0.6) is 0 Å². The number of likely N-dealkylation sites (tertiary alicyclic amines) is 1. The highest BCUT2D eigenvalue weighted by atomic mass is 16.2. The Morgan fingerprint density at radius 1 is 1.35 bits per heavy atom. The minimum Gasteiger partial charge on any atom is -0.395 e. The normalized spacial score (nSPS) is 16.6. The molecule has 1 saturated heterocycles. The van der Waals surface area contributed by atoms with Crippen molar-refractivity contribution in [3.8, 4) is 11.8 Å². The number of carbonyl (C=O) groups excluding carboxylic acids is 1. The maximum Gasteiger partial charge on any atom is 0.253 e. The maximum absolute atomic E-state index is 12.4. The molecule has 0 unspecified atom stereocenters. The van der Waals surface area contributed by atoms with Gasteiger partial charge in [-0.15, -0.1) is 0 Å². The summed E-state index contributed by atoms with van der Waals surface area (Å²) < 4.78 is 0. The molecule has 20 heavy (non-hydrogen) atoms. The van der Waals surface area contributed by atoms with Gasteiger partial charge in [0.25, 0.3) is 5.91 Å². The van der Waals surface area contributed by atoms with Crippen LogP contribution in [0.25, 0.3) is 0 Å². The van der Waals surface area contributed by atoms with Crippen LogP contribution < -0.4 is 0 Å². The third-order valence-electron chi connectivity index (χ3n) is 3.57. The number of rotatable bonds is 2. The number of hydrogen-bond acceptors (Lipinski definition) is 2. The molecule has 1 heterocycles. The van der Waals surface area contributed by atoms with Gasteiger partial charge in [-0.25, -0.2) is 0 Å². The van der Waals surface area contributed by atoms with Crippen LogP contribution in [0.1, 0.15) is 42.6 Å². The summed E-state index contributed by atoms with van der Waals surface area (Å²) in [6, 6.07) is 7.38. The Bertz CT molecular complexity index is 534. The molecule has 0 radical (unpaired) electrons. The van der Waals surface area contributed by atoms with Crippen LogP contribution in [0.4, 0.5) is 0 Å². The summed E-state index contributed by atoms with van der Waals surface area (Å²) in [6.07, 6.45) is 1.53. The quantitative estimate of drug-likeness (QED) is 0.838. The number of aliphatic hydroxyl groups excluding tert-OH is 1. The van der Waals surface area contributed by atoms with Crippen molar-refractivity contribution >= 4 is 5.91 Å². The van der Waals surface area contributed by atoms with Crippen LogP contribution in [-0.4, -0.2) is 35.6 Å². The molecule has 1 aliphatic heterocycles. The summed E-state index contributed by atoms with van der Waals surface area (Å²) in [5.74, 6) is 5.93. The molecule has 0 saturated carbocycles. The highest BCUT2D eigenvalue weighted by molar-refractivity contribution is 5.94. The van der Waals surface area contributed by atoms with Crippen molar-refractivity contribution in [2.75, 3.05) is 19.7 Å². The van der Waals surface area contributed by atoms with E-state index >= 15 is 0 Å². The van der Waals surface area contributed by atoms with Crippen LogP contribution in [0.3, 0.4) is 0 Å². The highest BCUT2D eigenvalue weighted by Gasteiger charge is 2.32. The van der Waals surface area contributed by atoms with Crippen LogP contribution in [0, 0.1) is 17.3 Å². The van der Waals surface area contributed by atoms with Crippen LogP contribution in [0.2, 0.25) is 0 Å². The molecule has 1 aliphatic rings. The molecular weight excluding hydrogens is 250 g/mol. The van der Waals surface area contributed by atoms with Crippen molar-refractivity contribution in [2.24, 2.45) is 5.41 Å². The molecule has 0 atom stereocenters. The number of aliphatic hydroxyl groups is 1. The first kappa shape index (κ1) is 14.6. The smallest absolute Gasteiger partial charge is 0.253 e. The van der Waals surface area contributed by atoms with Gasteiger partial charge in [0.15, 0.2) is 0 Å². The average molecular weight is 271 g/mol. The Balaban J connectivity index is 2.03. The molecule has 3 nitrogen and oxygen atoms in total. The number of hydrogen-bond donors (Lipinski definition) is 1. The third kappa shape index (κ3) is 3.61. The molecular formula is C17H21NO2. The van der Waals surface area contributed by atoms with Gasteiger partial charge < -0.3 is 10.0 Å². The second-order valence-corrected chi connectivity index (χ2v) is 5.99.